The van der Waals surface area contributed by atoms with Crippen molar-refractivity contribution in [3.63, 3.8) is 0 Å². The second-order valence-electron chi connectivity index (χ2n) is 11.0. The number of halogens is 2. The van der Waals surface area contributed by atoms with E-state index >= 15 is 0 Å². The lowest BCUT2D eigenvalue weighted by Crippen LogP contribution is -2.35. The van der Waals surface area contributed by atoms with E-state index in [2.05, 4.69) is 115 Å². The van der Waals surface area contributed by atoms with E-state index in [-0.39, 0.29) is 0 Å². The smallest absolute Gasteiger partial charge is 0.211 e. The van der Waals surface area contributed by atoms with Gasteiger partial charge in [0, 0.05) is 61.6 Å². The van der Waals surface area contributed by atoms with Crippen molar-refractivity contribution >= 4 is 43.2 Å². The highest BCUT2D eigenvalue weighted by atomic mass is 79.9. The van der Waals surface area contributed by atoms with Crippen LogP contribution in [0.4, 0.5) is 11.4 Å². The Balaban J connectivity index is 1.54. The van der Waals surface area contributed by atoms with Crippen LogP contribution >= 0.6 is 31.9 Å². The first-order valence-electron chi connectivity index (χ1n) is 15.9. The largest absolute Gasteiger partial charge is 0.385 e. The van der Waals surface area contributed by atoms with Crippen molar-refractivity contribution in [3.05, 3.63) is 49.1 Å². The zero-order chi connectivity index (χ0) is 28.0. The number of hydrogen-bond acceptors (Lipinski definition) is 2. The van der Waals surface area contributed by atoms with Gasteiger partial charge in [0.25, 0.3) is 0 Å². The van der Waals surface area contributed by atoms with Gasteiger partial charge in [-0.3, -0.25) is 0 Å². The van der Waals surface area contributed by atoms with Crippen LogP contribution in [0.1, 0.15) is 133 Å². The highest BCUT2D eigenvalue weighted by molar-refractivity contribution is 9.09. The molecule has 220 valence electrons. The topological polar surface area (TPSA) is 31.8 Å². The first kappa shape index (κ1) is 34.1. The van der Waals surface area contributed by atoms with Gasteiger partial charge >= 0.3 is 0 Å². The number of alkyl halides is 2. The lowest BCUT2D eigenvalue weighted by atomic mass is 10.1. The summed E-state index contributed by atoms with van der Waals surface area (Å²) in [6, 6.07) is 8.81. The highest BCUT2D eigenvalue weighted by Crippen LogP contribution is 2.21. The normalized spacial score (nSPS) is 12.8. The van der Waals surface area contributed by atoms with Crippen LogP contribution in [0.5, 0.6) is 0 Å². The summed E-state index contributed by atoms with van der Waals surface area (Å²) in [5.74, 6) is 0. The molecule has 0 amide bonds. The van der Waals surface area contributed by atoms with Gasteiger partial charge in [0.2, 0.25) is 9.90 Å². The predicted octanol–water partition coefficient (Wildman–Crippen LogP) is 10.2. The quantitative estimate of drug-likeness (QED) is 0.0663. The molecule has 2 unspecified atom stereocenters. The van der Waals surface area contributed by atoms with Crippen molar-refractivity contribution in [2.75, 3.05) is 23.7 Å². The lowest BCUT2D eigenvalue weighted by Gasteiger charge is -2.09. The maximum atomic E-state index is 3.89. The number of rotatable bonds is 24. The van der Waals surface area contributed by atoms with Crippen molar-refractivity contribution in [1.82, 2.24) is 0 Å². The molecule has 0 radical (unpaired) electrons. The summed E-state index contributed by atoms with van der Waals surface area (Å²) in [6.45, 7) is 6.69. The van der Waals surface area contributed by atoms with Crippen LogP contribution < -0.4 is 19.8 Å². The molecule has 2 atom stereocenters. The van der Waals surface area contributed by atoms with E-state index in [4.69, 9.17) is 0 Å². The van der Waals surface area contributed by atoms with Gasteiger partial charge in [0.05, 0.1) is 0 Å². The Kier molecular flexibility index (Phi) is 19.7. The van der Waals surface area contributed by atoms with Crippen molar-refractivity contribution in [3.8, 4) is 0 Å². The van der Waals surface area contributed by atoms with Gasteiger partial charge in [-0.05, 0) is 57.5 Å². The zero-order valence-electron chi connectivity index (χ0n) is 24.9. The molecule has 6 heteroatoms. The maximum absolute atomic E-state index is 3.89. The molecule has 0 saturated heterocycles. The van der Waals surface area contributed by atoms with Crippen molar-refractivity contribution in [2.45, 2.75) is 133 Å². The Morgan fingerprint density at radius 3 is 1.23 bits per heavy atom. The average molecular weight is 669 g/mol. The van der Waals surface area contributed by atoms with E-state index in [1.807, 2.05) is 0 Å². The minimum atomic E-state index is 0.357. The van der Waals surface area contributed by atoms with Gasteiger partial charge in [0.15, 0.2) is 24.8 Å². The lowest BCUT2D eigenvalue weighted by molar-refractivity contribution is -0.698. The molecule has 0 saturated carbocycles. The molecule has 0 fully saturated rings. The van der Waals surface area contributed by atoms with Crippen LogP contribution in [0.3, 0.4) is 0 Å². The summed E-state index contributed by atoms with van der Waals surface area (Å²) in [4.78, 5) is 0.714. The third-order valence-corrected chi connectivity index (χ3v) is 9.32. The molecule has 2 heterocycles. The van der Waals surface area contributed by atoms with Crippen LogP contribution in [0.15, 0.2) is 49.1 Å². The van der Waals surface area contributed by atoms with E-state index in [0.29, 0.717) is 9.90 Å². The Hall–Kier alpha value is -1.14. The Labute approximate surface area is 257 Å². The Morgan fingerprint density at radius 2 is 0.846 bits per heavy atom. The van der Waals surface area contributed by atoms with Gasteiger partial charge < -0.3 is 10.6 Å². The second-order valence-corrected chi connectivity index (χ2v) is 13.1. The van der Waals surface area contributed by atoms with E-state index in [9.17, 15) is 0 Å². The van der Waals surface area contributed by atoms with E-state index in [0.717, 1.165) is 25.9 Å². The van der Waals surface area contributed by atoms with Crippen LogP contribution in [0.2, 0.25) is 0 Å². The van der Waals surface area contributed by atoms with Crippen molar-refractivity contribution in [2.24, 2.45) is 0 Å². The van der Waals surface area contributed by atoms with E-state index in [1.54, 1.807) is 0 Å². The molecule has 0 aliphatic carbocycles. The number of pyridine rings is 2. The van der Waals surface area contributed by atoms with Gasteiger partial charge in [-0.1, -0.05) is 84.5 Å². The molecule has 2 N–H and O–H groups in total. The fraction of sp³-hybridized carbons (Fsp3) is 0.697. The molecule has 2 rings (SSSR count). The minimum Gasteiger partial charge on any atom is -0.385 e. The molecule has 39 heavy (non-hydrogen) atoms. The summed E-state index contributed by atoms with van der Waals surface area (Å²) in [5, 5.41) is 7.14. The molecule has 0 aromatic carbocycles. The molecular weight excluding hydrogens is 612 g/mol. The summed E-state index contributed by atoms with van der Waals surface area (Å²) in [7, 11) is 0. The van der Waals surface area contributed by atoms with Gasteiger partial charge in [-0.2, -0.15) is 9.13 Å². The van der Waals surface area contributed by atoms with E-state index < -0.39 is 0 Å². The monoisotopic (exact) mass is 666 g/mol. The Morgan fingerprint density at radius 1 is 0.513 bits per heavy atom. The SMILES string of the molecule is CCCCCCCCNc1cc[n+](C(Br)CCCCCC(Br)[n+]2ccc(NCCCCCCCC)cc2)cc1. The van der Waals surface area contributed by atoms with Crippen molar-refractivity contribution in [1.29, 1.82) is 0 Å². The molecule has 4 nitrogen and oxygen atoms in total. The molecule has 0 aliphatic rings. The summed E-state index contributed by atoms with van der Waals surface area (Å²) in [6.07, 6.45) is 30.9. The molecule has 0 aliphatic heterocycles. The van der Waals surface area contributed by atoms with E-state index in [1.165, 1.54) is 108 Å². The average Bonchev–Trinajstić information content (AvgIpc) is 2.96. The summed E-state index contributed by atoms with van der Waals surface area (Å²) < 4.78 is 4.56. The third-order valence-electron chi connectivity index (χ3n) is 7.46. The maximum Gasteiger partial charge on any atom is 0.211 e. The minimum absolute atomic E-state index is 0.357. The number of nitrogens with zero attached hydrogens (tertiary/aromatic N) is 2. The van der Waals surface area contributed by atoms with Crippen LogP contribution in [-0.4, -0.2) is 13.1 Å². The predicted molar refractivity (Wildman–Crippen MR) is 176 cm³/mol. The number of aromatic nitrogens is 2. The van der Waals surface area contributed by atoms with Crippen molar-refractivity contribution < 1.29 is 9.13 Å². The molecule has 0 spiro atoms. The number of hydrogen-bond donors (Lipinski definition) is 2. The number of nitrogens with one attached hydrogen (secondary N) is 2. The third kappa shape index (κ3) is 16.0. The number of anilines is 2. The summed E-state index contributed by atoms with van der Waals surface area (Å²) in [5.41, 5.74) is 2.45. The fourth-order valence-electron chi connectivity index (χ4n) is 4.86. The van der Waals surface area contributed by atoms with Crippen LogP contribution in [0.25, 0.3) is 0 Å². The second kappa shape index (κ2) is 22.5. The van der Waals surface area contributed by atoms with Crippen LogP contribution in [0, 0.1) is 0 Å². The molecule has 2 aromatic rings. The zero-order valence-corrected chi connectivity index (χ0v) is 28.0. The molecule has 0 bridgehead atoms. The van der Waals surface area contributed by atoms with Gasteiger partial charge in [0.1, 0.15) is 0 Å². The molecular formula is C33H56Br2N4+2. The molecule has 2 aromatic heterocycles. The summed E-state index contributed by atoms with van der Waals surface area (Å²) >= 11 is 7.78. The standard InChI is InChI=1S/C33H54Br2N4/c1-3-5-7-9-11-16-24-36-30-20-26-38(27-21-30)32(34)18-14-13-15-19-33(35)39-28-22-31(23-29-39)37-25-17-12-10-8-6-4-2/h20-23,26-29,32-33H,3-19,24-25H2,1-2H3/p+2. The van der Waals surface area contributed by atoms with Gasteiger partial charge in [-0.25, -0.2) is 0 Å². The highest BCUT2D eigenvalue weighted by Gasteiger charge is 2.16. The Bertz CT molecular complexity index is 759. The van der Waals surface area contributed by atoms with Crippen LogP contribution in [-0.2, 0) is 0 Å². The first-order valence-corrected chi connectivity index (χ1v) is 17.7. The first-order chi connectivity index (χ1) is 19.1. The fourth-order valence-corrected chi connectivity index (χ4v) is 6.06. The van der Waals surface area contributed by atoms with Gasteiger partial charge in [-0.15, -0.1) is 0 Å². The number of unbranched alkanes of at least 4 members (excludes halogenated alkanes) is 12.